The van der Waals surface area contributed by atoms with E-state index in [9.17, 15) is 31.1 Å². The van der Waals surface area contributed by atoms with Crippen LogP contribution >= 0.6 is 0 Å². The minimum Gasteiger partial charge on any atom is -0.314 e. The summed E-state index contributed by atoms with van der Waals surface area (Å²) in [6.45, 7) is 0.128. The third-order valence-electron chi connectivity index (χ3n) is 6.13. The van der Waals surface area contributed by atoms with Gasteiger partial charge in [-0.05, 0) is 48.4 Å². The van der Waals surface area contributed by atoms with E-state index >= 15 is 0 Å². The molecule has 1 saturated heterocycles. The molecule has 3 nitrogen and oxygen atoms in total. The number of amides is 2. The van der Waals surface area contributed by atoms with Crippen LogP contribution in [0.2, 0.25) is 0 Å². The Morgan fingerprint density at radius 1 is 0.968 bits per heavy atom. The zero-order valence-electron chi connectivity index (χ0n) is 16.4. The second-order valence-corrected chi connectivity index (χ2v) is 8.46. The second kappa shape index (κ2) is 7.17. The molecule has 2 amide bonds. The Bertz CT molecular complexity index is 968. The van der Waals surface area contributed by atoms with Crippen molar-refractivity contribution in [2.45, 2.75) is 43.6 Å². The quantitative estimate of drug-likeness (QED) is 0.536. The van der Waals surface area contributed by atoms with E-state index in [1.807, 2.05) is 0 Å². The second-order valence-electron chi connectivity index (χ2n) is 8.46. The fourth-order valence-electron chi connectivity index (χ4n) is 4.60. The number of carbonyl (C=O) groups is 1. The predicted octanol–water partition coefficient (Wildman–Crippen LogP) is 6.57. The number of hydrogen-bond acceptors (Lipinski definition) is 1. The molecule has 0 aromatic heterocycles. The molecule has 1 heterocycles. The predicted molar refractivity (Wildman–Crippen MR) is 102 cm³/mol. The molecule has 1 spiro atoms. The highest BCUT2D eigenvalue weighted by Crippen LogP contribution is 2.63. The Balaban J connectivity index is 1.70. The van der Waals surface area contributed by atoms with Crippen molar-refractivity contribution in [3.63, 3.8) is 0 Å². The van der Waals surface area contributed by atoms with E-state index in [4.69, 9.17) is 0 Å². The molecule has 1 aliphatic carbocycles. The van der Waals surface area contributed by atoms with Gasteiger partial charge in [0, 0.05) is 12.2 Å². The number of anilines is 1. The van der Waals surface area contributed by atoms with Crippen molar-refractivity contribution < 1.29 is 31.1 Å². The van der Waals surface area contributed by atoms with Crippen LogP contribution in [0.5, 0.6) is 0 Å². The van der Waals surface area contributed by atoms with Crippen LogP contribution in [-0.4, -0.2) is 23.7 Å². The average molecular weight is 442 g/mol. The first-order valence-corrected chi connectivity index (χ1v) is 9.81. The van der Waals surface area contributed by atoms with Gasteiger partial charge >= 0.3 is 18.4 Å². The number of carbonyl (C=O) groups excluding carboxylic acids is 1. The molecule has 31 heavy (non-hydrogen) atoms. The van der Waals surface area contributed by atoms with E-state index in [0.717, 1.165) is 18.2 Å². The summed E-state index contributed by atoms with van der Waals surface area (Å²) in [5.41, 5.74) is -2.69. The minimum atomic E-state index is -4.60. The zero-order valence-corrected chi connectivity index (χ0v) is 16.4. The normalized spacial score (nSPS) is 22.6. The summed E-state index contributed by atoms with van der Waals surface area (Å²) in [6.07, 6.45) is -8.76. The van der Waals surface area contributed by atoms with Gasteiger partial charge in [0.15, 0.2) is 0 Å². The molecule has 0 bridgehead atoms. The van der Waals surface area contributed by atoms with Crippen molar-refractivity contribution in [3.05, 3.63) is 65.7 Å². The molecule has 1 N–H and O–H groups in total. The number of nitrogens with zero attached hydrogens (tertiary/aromatic N) is 1. The summed E-state index contributed by atoms with van der Waals surface area (Å²) in [4.78, 5) is 14.3. The monoisotopic (exact) mass is 442 g/mol. The molecule has 9 heteroatoms. The Morgan fingerprint density at radius 2 is 1.65 bits per heavy atom. The Kier molecular flexibility index (Phi) is 4.98. The molecule has 1 atom stereocenters. The number of benzene rings is 2. The first kappa shape index (κ1) is 21.5. The van der Waals surface area contributed by atoms with E-state index in [2.05, 4.69) is 5.32 Å². The summed E-state index contributed by atoms with van der Waals surface area (Å²) in [7, 11) is 0. The van der Waals surface area contributed by atoms with Crippen molar-refractivity contribution in [2.75, 3.05) is 11.9 Å². The molecule has 4 rings (SSSR count). The van der Waals surface area contributed by atoms with E-state index in [1.165, 1.54) is 11.0 Å². The topological polar surface area (TPSA) is 32.3 Å². The van der Waals surface area contributed by atoms with Gasteiger partial charge in [0.1, 0.15) is 0 Å². The van der Waals surface area contributed by atoms with Gasteiger partial charge in [0.25, 0.3) is 0 Å². The van der Waals surface area contributed by atoms with E-state index in [0.29, 0.717) is 18.4 Å². The first-order valence-electron chi connectivity index (χ1n) is 9.81. The summed E-state index contributed by atoms with van der Waals surface area (Å²) in [6, 6.07) is 11.3. The molecular weight excluding hydrogens is 422 g/mol. The van der Waals surface area contributed by atoms with Gasteiger partial charge in [-0.25, -0.2) is 4.79 Å². The molecule has 2 aliphatic rings. The van der Waals surface area contributed by atoms with Crippen LogP contribution in [0.1, 0.15) is 36.8 Å². The highest BCUT2D eigenvalue weighted by atomic mass is 19.4. The van der Waals surface area contributed by atoms with Gasteiger partial charge in [-0.3, -0.25) is 0 Å². The third kappa shape index (κ3) is 4.36. The lowest BCUT2D eigenvalue weighted by Gasteiger charge is -2.39. The highest BCUT2D eigenvalue weighted by Gasteiger charge is 2.63. The lowest BCUT2D eigenvalue weighted by atomic mass is 9.81. The molecule has 2 aromatic rings. The Hall–Kier alpha value is -2.71. The number of hydrogen-bond donors (Lipinski definition) is 1. The van der Waals surface area contributed by atoms with Crippen molar-refractivity contribution in [2.24, 2.45) is 5.41 Å². The highest BCUT2D eigenvalue weighted by molar-refractivity contribution is 5.90. The number of nitrogens with one attached hydrogen (secondary N) is 1. The Labute approximate surface area is 175 Å². The summed E-state index contributed by atoms with van der Waals surface area (Å²) < 4.78 is 80.0. The van der Waals surface area contributed by atoms with Gasteiger partial charge < -0.3 is 10.2 Å². The van der Waals surface area contributed by atoms with Crippen LogP contribution < -0.4 is 5.32 Å². The minimum absolute atomic E-state index is 0.120. The van der Waals surface area contributed by atoms with Gasteiger partial charge in [0.05, 0.1) is 17.5 Å². The fourth-order valence-corrected chi connectivity index (χ4v) is 4.60. The standard InChI is InChI=1S/C22H20F6N2O/c23-21(24,25)13-20(15-5-2-1-3-6-15)12-19(9-10-19)14-30(20)18(31)29-17-8-4-7-16(11-17)22(26,27)28/h1-8,11H,9-10,12-14H2,(H,29,31)/t20-/m1/s1. The van der Waals surface area contributed by atoms with Crippen LogP contribution in [0, 0.1) is 5.41 Å². The van der Waals surface area contributed by atoms with E-state index in [-0.39, 0.29) is 24.1 Å². The summed E-state index contributed by atoms with van der Waals surface area (Å²) in [5, 5.41) is 2.39. The summed E-state index contributed by atoms with van der Waals surface area (Å²) >= 11 is 0. The molecular formula is C22H20F6N2O. The van der Waals surface area contributed by atoms with Crippen molar-refractivity contribution in [1.29, 1.82) is 0 Å². The van der Waals surface area contributed by atoms with Crippen LogP contribution in [0.15, 0.2) is 54.6 Å². The smallest absolute Gasteiger partial charge is 0.314 e. The lowest BCUT2D eigenvalue weighted by molar-refractivity contribution is -0.158. The molecule has 2 fully saturated rings. The van der Waals surface area contributed by atoms with Crippen molar-refractivity contribution in [3.8, 4) is 0 Å². The third-order valence-corrected chi connectivity index (χ3v) is 6.13. The van der Waals surface area contributed by atoms with Crippen LogP contribution in [0.25, 0.3) is 0 Å². The fraction of sp³-hybridized carbons (Fsp3) is 0.409. The molecule has 1 aliphatic heterocycles. The van der Waals surface area contributed by atoms with Crippen LogP contribution in [-0.2, 0) is 11.7 Å². The summed E-state index contributed by atoms with van der Waals surface area (Å²) in [5.74, 6) is 0. The maximum atomic E-state index is 13.7. The number of alkyl halides is 6. The SMILES string of the molecule is O=C(Nc1cccc(C(F)(F)F)c1)N1CC2(CC2)C[C@@]1(CC(F)(F)F)c1ccccc1. The number of halogens is 6. The van der Waals surface area contributed by atoms with Gasteiger partial charge in [-0.2, -0.15) is 26.3 Å². The average Bonchev–Trinajstić information content (AvgIpc) is 3.35. The van der Waals surface area contributed by atoms with Gasteiger partial charge in [-0.1, -0.05) is 36.4 Å². The maximum Gasteiger partial charge on any atom is 0.416 e. The maximum absolute atomic E-state index is 13.7. The molecule has 166 valence electrons. The van der Waals surface area contributed by atoms with E-state index in [1.54, 1.807) is 30.3 Å². The van der Waals surface area contributed by atoms with Crippen molar-refractivity contribution >= 4 is 11.7 Å². The van der Waals surface area contributed by atoms with Gasteiger partial charge in [0.2, 0.25) is 0 Å². The largest absolute Gasteiger partial charge is 0.416 e. The van der Waals surface area contributed by atoms with E-state index < -0.39 is 35.9 Å². The molecule has 2 aromatic carbocycles. The zero-order chi connectivity index (χ0) is 22.5. The van der Waals surface area contributed by atoms with Crippen molar-refractivity contribution in [1.82, 2.24) is 4.90 Å². The lowest BCUT2D eigenvalue weighted by Crippen LogP contribution is -2.49. The number of rotatable bonds is 3. The van der Waals surface area contributed by atoms with Crippen LogP contribution in [0.3, 0.4) is 0 Å². The number of urea groups is 1. The molecule has 1 saturated carbocycles. The molecule has 0 unspecified atom stereocenters. The molecule has 0 radical (unpaired) electrons. The van der Waals surface area contributed by atoms with Crippen LogP contribution in [0.4, 0.5) is 36.8 Å². The van der Waals surface area contributed by atoms with Gasteiger partial charge in [-0.15, -0.1) is 0 Å². The number of likely N-dealkylation sites (tertiary alicyclic amines) is 1. The first-order chi connectivity index (χ1) is 14.4. The Morgan fingerprint density at radius 3 is 2.23 bits per heavy atom.